The molecule has 0 unspecified atom stereocenters. The molecule has 0 aliphatic carbocycles. The van der Waals surface area contributed by atoms with Gasteiger partial charge in [0.25, 0.3) is 0 Å². The normalized spacial score (nSPS) is 10.2. The second kappa shape index (κ2) is 5.96. The van der Waals surface area contributed by atoms with E-state index in [4.69, 9.17) is 0 Å². The lowest BCUT2D eigenvalue weighted by Gasteiger charge is -2.21. The van der Waals surface area contributed by atoms with E-state index in [9.17, 15) is 0 Å². The fraction of sp³-hybridized carbons (Fsp3) is 0.600. The molecule has 0 bridgehead atoms. The summed E-state index contributed by atoms with van der Waals surface area (Å²) >= 11 is 3.43. The molecule has 0 N–H and O–H groups in total. The number of anilines is 1. The highest BCUT2D eigenvalue weighted by Gasteiger charge is 2.04. The molecule has 4 heteroatoms. The van der Waals surface area contributed by atoms with Gasteiger partial charge in [-0.3, -0.25) is 0 Å². The van der Waals surface area contributed by atoms with Crippen LogP contribution in [0.4, 0.5) is 5.82 Å². The van der Waals surface area contributed by atoms with E-state index in [2.05, 4.69) is 37.7 Å². The molecule has 0 aromatic carbocycles. The van der Waals surface area contributed by atoms with Crippen molar-refractivity contribution in [1.82, 2.24) is 9.97 Å². The zero-order valence-corrected chi connectivity index (χ0v) is 10.3. The first-order valence-corrected chi connectivity index (χ1v) is 5.99. The van der Waals surface area contributed by atoms with Gasteiger partial charge in [0.1, 0.15) is 12.1 Å². The number of alkyl halides is 1. The van der Waals surface area contributed by atoms with Crippen molar-refractivity contribution in [2.24, 2.45) is 0 Å². The molecule has 0 saturated carbocycles. The van der Waals surface area contributed by atoms with Crippen LogP contribution in [-0.2, 0) is 0 Å². The highest BCUT2D eigenvalue weighted by Crippen LogP contribution is 2.10. The Kier molecular flexibility index (Phi) is 4.87. The Morgan fingerprint density at radius 3 is 2.79 bits per heavy atom. The van der Waals surface area contributed by atoms with E-state index in [0.29, 0.717) is 0 Å². The van der Waals surface area contributed by atoms with E-state index in [1.54, 1.807) is 6.33 Å². The van der Waals surface area contributed by atoms with E-state index in [0.717, 1.165) is 36.4 Å². The summed E-state index contributed by atoms with van der Waals surface area (Å²) in [6.45, 7) is 6.16. The zero-order chi connectivity index (χ0) is 10.4. The molecule has 1 aromatic heterocycles. The van der Waals surface area contributed by atoms with Crippen molar-refractivity contribution < 1.29 is 0 Å². The number of rotatable bonds is 5. The number of aromatic nitrogens is 2. The molecule has 3 nitrogen and oxygen atoms in total. The lowest BCUT2D eigenvalue weighted by molar-refractivity contribution is 0.781. The second-order valence-electron chi connectivity index (χ2n) is 3.14. The summed E-state index contributed by atoms with van der Waals surface area (Å²) < 4.78 is 0. The predicted molar refractivity (Wildman–Crippen MR) is 63.1 cm³/mol. The summed E-state index contributed by atoms with van der Waals surface area (Å²) in [5, 5.41) is 1.04. The van der Waals surface area contributed by atoms with Gasteiger partial charge in [-0.2, -0.15) is 0 Å². The molecule has 0 aliphatic heterocycles. The molecule has 0 aliphatic rings. The standard InChI is InChI=1S/C10H16BrN3/c1-3-14(6-4-5-11)10-7-9(2)12-8-13-10/h7-8H,3-6H2,1-2H3. The van der Waals surface area contributed by atoms with Gasteiger partial charge < -0.3 is 4.90 Å². The van der Waals surface area contributed by atoms with Gasteiger partial charge in [-0.25, -0.2) is 9.97 Å². The van der Waals surface area contributed by atoms with Gasteiger partial charge in [0.2, 0.25) is 0 Å². The molecule has 14 heavy (non-hydrogen) atoms. The number of hydrogen-bond donors (Lipinski definition) is 0. The van der Waals surface area contributed by atoms with E-state index in [1.165, 1.54) is 0 Å². The van der Waals surface area contributed by atoms with Crippen LogP contribution in [0, 0.1) is 6.92 Å². The summed E-state index contributed by atoms with van der Waals surface area (Å²) in [5.41, 5.74) is 1.02. The first-order valence-electron chi connectivity index (χ1n) is 4.87. The first-order chi connectivity index (χ1) is 6.77. The van der Waals surface area contributed by atoms with Gasteiger partial charge >= 0.3 is 0 Å². The molecule has 1 heterocycles. The Labute approximate surface area is 93.7 Å². The molecule has 1 rings (SSSR count). The summed E-state index contributed by atoms with van der Waals surface area (Å²) in [5.74, 6) is 1.03. The molecule has 78 valence electrons. The van der Waals surface area contributed by atoms with Crippen LogP contribution in [0.3, 0.4) is 0 Å². The van der Waals surface area contributed by atoms with Crippen LogP contribution in [0.1, 0.15) is 19.0 Å². The Hall–Kier alpha value is -0.640. The lowest BCUT2D eigenvalue weighted by atomic mass is 10.3. The monoisotopic (exact) mass is 257 g/mol. The van der Waals surface area contributed by atoms with Gasteiger partial charge in [-0.05, 0) is 20.3 Å². The molecule has 0 radical (unpaired) electrons. The van der Waals surface area contributed by atoms with Crippen molar-refractivity contribution in [1.29, 1.82) is 0 Å². The van der Waals surface area contributed by atoms with Gasteiger partial charge in [0, 0.05) is 30.2 Å². The number of aryl methyl sites for hydroxylation is 1. The fourth-order valence-electron chi connectivity index (χ4n) is 1.30. The van der Waals surface area contributed by atoms with Crippen LogP contribution >= 0.6 is 15.9 Å². The number of hydrogen-bond acceptors (Lipinski definition) is 3. The summed E-state index contributed by atoms with van der Waals surface area (Å²) in [6.07, 6.45) is 2.76. The average molecular weight is 258 g/mol. The van der Waals surface area contributed by atoms with Gasteiger partial charge in [0.15, 0.2) is 0 Å². The molecule has 0 atom stereocenters. The highest BCUT2D eigenvalue weighted by molar-refractivity contribution is 9.09. The van der Waals surface area contributed by atoms with Gasteiger partial charge in [-0.1, -0.05) is 15.9 Å². The van der Waals surface area contributed by atoms with Crippen LogP contribution in [0.2, 0.25) is 0 Å². The van der Waals surface area contributed by atoms with E-state index in [1.807, 2.05) is 13.0 Å². The Morgan fingerprint density at radius 1 is 1.43 bits per heavy atom. The summed E-state index contributed by atoms with van der Waals surface area (Å²) in [7, 11) is 0. The van der Waals surface area contributed by atoms with Crippen molar-refractivity contribution in [3.63, 3.8) is 0 Å². The molecule has 1 aromatic rings. The maximum Gasteiger partial charge on any atom is 0.132 e. The third kappa shape index (κ3) is 3.25. The minimum absolute atomic E-state index is 0.990. The first kappa shape index (κ1) is 11.4. The minimum Gasteiger partial charge on any atom is -0.357 e. The molecule has 0 fully saturated rings. The quantitative estimate of drug-likeness (QED) is 0.759. The van der Waals surface area contributed by atoms with E-state index in [-0.39, 0.29) is 0 Å². The lowest BCUT2D eigenvalue weighted by Crippen LogP contribution is -2.25. The highest BCUT2D eigenvalue weighted by atomic mass is 79.9. The van der Waals surface area contributed by atoms with Gasteiger partial charge in [0.05, 0.1) is 0 Å². The Bertz CT molecular complexity index is 278. The van der Waals surface area contributed by atoms with Crippen molar-refractivity contribution in [3.05, 3.63) is 18.1 Å². The number of halogens is 1. The molecule has 0 saturated heterocycles. The average Bonchev–Trinajstić information content (AvgIpc) is 2.19. The maximum atomic E-state index is 4.26. The topological polar surface area (TPSA) is 29.0 Å². The van der Waals surface area contributed by atoms with Crippen molar-refractivity contribution in [2.45, 2.75) is 20.3 Å². The third-order valence-corrected chi connectivity index (χ3v) is 2.62. The van der Waals surface area contributed by atoms with Crippen molar-refractivity contribution in [3.8, 4) is 0 Å². The van der Waals surface area contributed by atoms with Crippen LogP contribution < -0.4 is 4.90 Å². The van der Waals surface area contributed by atoms with Crippen LogP contribution in [0.5, 0.6) is 0 Å². The van der Waals surface area contributed by atoms with Crippen LogP contribution in [0.15, 0.2) is 12.4 Å². The SMILES string of the molecule is CCN(CCCBr)c1cc(C)ncn1. The maximum absolute atomic E-state index is 4.26. The van der Waals surface area contributed by atoms with E-state index >= 15 is 0 Å². The fourth-order valence-corrected chi connectivity index (χ4v) is 1.55. The van der Waals surface area contributed by atoms with Crippen LogP contribution in [-0.4, -0.2) is 28.4 Å². The molecule has 0 amide bonds. The van der Waals surface area contributed by atoms with E-state index < -0.39 is 0 Å². The van der Waals surface area contributed by atoms with Crippen molar-refractivity contribution in [2.75, 3.05) is 23.3 Å². The summed E-state index contributed by atoms with van der Waals surface area (Å²) in [6, 6.07) is 2.03. The number of nitrogens with zero attached hydrogens (tertiary/aromatic N) is 3. The predicted octanol–water partition coefficient (Wildman–Crippen LogP) is 2.40. The zero-order valence-electron chi connectivity index (χ0n) is 8.70. The van der Waals surface area contributed by atoms with Crippen LogP contribution in [0.25, 0.3) is 0 Å². The molecular formula is C10H16BrN3. The second-order valence-corrected chi connectivity index (χ2v) is 3.93. The van der Waals surface area contributed by atoms with Gasteiger partial charge in [-0.15, -0.1) is 0 Å². The summed E-state index contributed by atoms with van der Waals surface area (Å²) in [4.78, 5) is 10.6. The molecule has 0 spiro atoms. The largest absolute Gasteiger partial charge is 0.357 e. The Balaban J connectivity index is 2.68. The minimum atomic E-state index is 0.990. The van der Waals surface area contributed by atoms with Crippen molar-refractivity contribution >= 4 is 21.7 Å². The smallest absolute Gasteiger partial charge is 0.132 e. The molecular weight excluding hydrogens is 242 g/mol. The Morgan fingerprint density at radius 2 is 2.21 bits per heavy atom. The third-order valence-electron chi connectivity index (χ3n) is 2.06.